The summed E-state index contributed by atoms with van der Waals surface area (Å²) >= 11 is 0. The van der Waals surface area contributed by atoms with Crippen LogP contribution in [0.1, 0.15) is 22.3 Å². The summed E-state index contributed by atoms with van der Waals surface area (Å²) in [6.45, 7) is 0. The van der Waals surface area contributed by atoms with Gasteiger partial charge in [0.1, 0.15) is 0 Å². The van der Waals surface area contributed by atoms with Crippen LogP contribution in [-0.4, -0.2) is 4.57 Å². The van der Waals surface area contributed by atoms with Crippen LogP contribution >= 0.6 is 0 Å². The summed E-state index contributed by atoms with van der Waals surface area (Å²) in [7, 11) is 0. The number of nitrogens with zero attached hydrogens (tertiary/aromatic N) is 2. The van der Waals surface area contributed by atoms with Gasteiger partial charge < -0.3 is 9.47 Å². The fourth-order valence-electron chi connectivity index (χ4n) is 11.0. The zero-order valence-electron chi connectivity index (χ0n) is 34.5. The Hall–Kier alpha value is -8.20. The van der Waals surface area contributed by atoms with Crippen LogP contribution < -0.4 is 4.90 Å². The zero-order valence-corrected chi connectivity index (χ0v) is 34.5. The molecule has 0 saturated carbocycles. The molecule has 2 heterocycles. The van der Waals surface area contributed by atoms with Gasteiger partial charge in [0.2, 0.25) is 0 Å². The number of hydrogen-bond acceptors (Lipinski definition) is 1. The molecule has 0 amide bonds. The fourth-order valence-corrected chi connectivity index (χ4v) is 11.0. The van der Waals surface area contributed by atoms with Gasteiger partial charge in [-0.25, -0.2) is 0 Å². The Labute approximate surface area is 367 Å². The molecular formula is C61H40N2. The van der Waals surface area contributed by atoms with Crippen LogP contribution in [0.25, 0.3) is 72.0 Å². The SMILES string of the molecule is c1ccc(-c2ccc(-c3ccc(N(c4ccccc4)c4ccc(-c5cccc6c5C5(c7ccccc7-6)c6ccccc6-n6c7ccccc7c7cccc5c76)cc4)cc3)cc2)cc1. The first kappa shape index (κ1) is 35.5. The predicted octanol–water partition coefficient (Wildman–Crippen LogP) is 15.9. The minimum absolute atomic E-state index is 0.526. The van der Waals surface area contributed by atoms with Gasteiger partial charge >= 0.3 is 0 Å². The number of anilines is 3. The van der Waals surface area contributed by atoms with Gasteiger partial charge in [-0.3, -0.25) is 0 Å². The molecule has 0 fully saturated rings. The Bertz CT molecular complexity index is 3530. The highest BCUT2D eigenvalue weighted by molar-refractivity contribution is 6.13. The molecule has 1 aliphatic heterocycles. The van der Waals surface area contributed by atoms with Crippen molar-refractivity contribution in [1.82, 2.24) is 4.57 Å². The monoisotopic (exact) mass is 800 g/mol. The van der Waals surface area contributed by atoms with E-state index in [-0.39, 0.29) is 0 Å². The van der Waals surface area contributed by atoms with E-state index in [1.165, 1.54) is 94.3 Å². The van der Waals surface area contributed by atoms with Crippen molar-refractivity contribution in [3.05, 3.63) is 265 Å². The van der Waals surface area contributed by atoms with E-state index in [9.17, 15) is 0 Å². The van der Waals surface area contributed by atoms with Gasteiger partial charge in [0.25, 0.3) is 0 Å². The molecule has 2 heteroatoms. The van der Waals surface area contributed by atoms with Crippen LogP contribution in [-0.2, 0) is 5.41 Å². The lowest BCUT2D eigenvalue weighted by atomic mass is 9.64. The van der Waals surface area contributed by atoms with Gasteiger partial charge in [-0.05, 0) is 115 Å². The fraction of sp³-hybridized carbons (Fsp3) is 0.0164. The van der Waals surface area contributed by atoms with Gasteiger partial charge in [0.05, 0.1) is 22.1 Å². The molecule has 1 aliphatic carbocycles. The third kappa shape index (κ3) is 5.19. The van der Waals surface area contributed by atoms with E-state index in [1.54, 1.807) is 0 Å². The summed E-state index contributed by atoms with van der Waals surface area (Å²) in [5, 5.41) is 2.58. The van der Waals surface area contributed by atoms with E-state index < -0.39 is 5.41 Å². The molecule has 0 N–H and O–H groups in total. The van der Waals surface area contributed by atoms with Crippen molar-refractivity contribution in [3.8, 4) is 50.2 Å². The Morgan fingerprint density at radius 2 is 0.778 bits per heavy atom. The van der Waals surface area contributed by atoms with Crippen LogP contribution in [0.2, 0.25) is 0 Å². The minimum atomic E-state index is -0.526. The zero-order chi connectivity index (χ0) is 41.5. The van der Waals surface area contributed by atoms with Crippen LogP contribution in [0.15, 0.2) is 243 Å². The second-order valence-corrected chi connectivity index (χ2v) is 16.8. The Morgan fingerprint density at radius 3 is 1.51 bits per heavy atom. The number of hydrogen-bond donors (Lipinski definition) is 0. The Kier molecular flexibility index (Phi) is 7.85. The van der Waals surface area contributed by atoms with Crippen LogP contribution in [0.4, 0.5) is 17.1 Å². The van der Waals surface area contributed by atoms with Crippen molar-refractivity contribution in [1.29, 1.82) is 0 Å². The molecular weight excluding hydrogens is 761 g/mol. The highest BCUT2D eigenvalue weighted by Crippen LogP contribution is 2.63. The van der Waals surface area contributed by atoms with E-state index >= 15 is 0 Å². The number of para-hydroxylation sites is 4. The van der Waals surface area contributed by atoms with Gasteiger partial charge in [-0.2, -0.15) is 0 Å². The molecule has 11 aromatic rings. The molecule has 2 aliphatic rings. The maximum absolute atomic E-state index is 2.52. The first-order chi connectivity index (χ1) is 31.3. The topological polar surface area (TPSA) is 8.17 Å². The lowest BCUT2D eigenvalue weighted by Crippen LogP contribution is -2.34. The Balaban J connectivity index is 0.948. The summed E-state index contributed by atoms with van der Waals surface area (Å²) in [6.07, 6.45) is 0. The maximum Gasteiger partial charge on any atom is 0.0760 e. The predicted molar refractivity (Wildman–Crippen MR) is 263 cm³/mol. The number of rotatable bonds is 6. The highest BCUT2D eigenvalue weighted by atomic mass is 15.1. The third-order valence-corrected chi connectivity index (χ3v) is 13.6. The number of fused-ring (bicyclic) bond motifs is 12. The summed E-state index contributed by atoms with van der Waals surface area (Å²) in [4.78, 5) is 2.36. The molecule has 63 heavy (non-hydrogen) atoms. The van der Waals surface area contributed by atoms with Crippen LogP contribution in [0.5, 0.6) is 0 Å². The van der Waals surface area contributed by atoms with Crippen molar-refractivity contribution in [2.24, 2.45) is 0 Å². The summed E-state index contributed by atoms with van der Waals surface area (Å²) in [6, 6.07) is 89.3. The van der Waals surface area contributed by atoms with E-state index in [2.05, 4.69) is 252 Å². The van der Waals surface area contributed by atoms with E-state index in [0.29, 0.717) is 0 Å². The molecule has 0 bridgehead atoms. The summed E-state index contributed by atoms with van der Waals surface area (Å²) < 4.78 is 2.52. The average molecular weight is 801 g/mol. The average Bonchev–Trinajstić information content (AvgIpc) is 3.86. The Morgan fingerprint density at radius 1 is 0.302 bits per heavy atom. The van der Waals surface area contributed by atoms with Crippen LogP contribution in [0, 0.1) is 0 Å². The second kappa shape index (κ2) is 13.9. The van der Waals surface area contributed by atoms with Crippen molar-refractivity contribution in [2.45, 2.75) is 5.41 Å². The molecule has 1 unspecified atom stereocenters. The maximum atomic E-state index is 2.52. The molecule has 1 aromatic heterocycles. The van der Waals surface area contributed by atoms with Crippen molar-refractivity contribution >= 4 is 38.9 Å². The first-order valence-corrected chi connectivity index (χ1v) is 21.8. The van der Waals surface area contributed by atoms with E-state index in [1.807, 2.05) is 0 Å². The lowest BCUT2D eigenvalue weighted by molar-refractivity contribution is 0.750. The summed E-state index contributed by atoms with van der Waals surface area (Å²) in [5.74, 6) is 0. The third-order valence-electron chi connectivity index (χ3n) is 13.6. The quantitative estimate of drug-likeness (QED) is 0.163. The molecule has 10 aromatic carbocycles. The number of aromatic nitrogens is 1. The number of benzene rings is 10. The standard InChI is InChI=1S/C61H40N2/c1-3-15-41(16-4-1)42-29-31-43(32-30-42)44-33-37-47(38-34-44)62(46-17-5-2-6-18-46)48-39-35-45(36-40-48)49-21-13-22-52-50-19-7-9-24-54(50)61(59(49)52)55-25-10-12-28-58(55)63-57-27-11-8-20-51(57)53-23-14-26-56(61)60(53)63/h1-40H. The highest BCUT2D eigenvalue weighted by Gasteiger charge is 2.51. The molecule has 0 saturated heterocycles. The molecule has 0 radical (unpaired) electrons. The van der Waals surface area contributed by atoms with Gasteiger partial charge in [-0.15, -0.1) is 0 Å². The van der Waals surface area contributed by atoms with E-state index in [4.69, 9.17) is 0 Å². The smallest absolute Gasteiger partial charge is 0.0760 e. The normalized spacial score (nSPS) is 14.4. The van der Waals surface area contributed by atoms with Crippen molar-refractivity contribution in [3.63, 3.8) is 0 Å². The second-order valence-electron chi connectivity index (χ2n) is 16.8. The minimum Gasteiger partial charge on any atom is -0.311 e. The van der Waals surface area contributed by atoms with Crippen LogP contribution in [0.3, 0.4) is 0 Å². The van der Waals surface area contributed by atoms with Gasteiger partial charge in [0, 0.05) is 27.8 Å². The summed E-state index contributed by atoms with van der Waals surface area (Å²) in [5.41, 5.74) is 21.8. The molecule has 13 rings (SSSR count). The molecule has 2 nitrogen and oxygen atoms in total. The van der Waals surface area contributed by atoms with Gasteiger partial charge in [-0.1, -0.05) is 194 Å². The van der Waals surface area contributed by atoms with Crippen molar-refractivity contribution < 1.29 is 0 Å². The van der Waals surface area contributed by atoms with Gasteiger partial charge in [0.15, 0.2) is 0 Å². The molecule has 1 spiro atoms. The molecule has 1 atom stereocenters. The van der Waals surface area contributed by atoms with E-state index in [0.717, 1.165) is 17.1 Å². The lowest BCUT2D eigenvalue weighted by Gasteiger charge is -2.40. The van der Waals surface area contributed by atoms with Crippen molar-refractivity contribution in [2.75, 3.05) is 4.90 Å². The molecule has 294 valence electrons. The largest absolute Gasteiger partial charge is 0.311 e. The first-order valence-electron chi connectivity index (χ1n) is 21.8.